The van der Waals surface area contributed by atoms with Gasteiger partial charge in [-0.3, -0.25) is 9.78 Å². The molecule has 0 saturated carbocycles. The Kier molecular flexibility index (Phi) is 2.96. The molecule has 0 bridgehead atoms. The van der Waals surface area contributed by atoms with Crippen LogP contribution in [0.1, 0.15) is 42.0 Å². The van der Waals surface area contributed by atoms with Crippen molar-refractivity contribution in [1.82, 2.24) is 10.3 Å². The Bertz CT molecular complexity index is 908. The molecule has 1 aromatic carbocycles. The molecule has 0 amide bonds. The van der Waals surface area contributed by atoms with E-state index >= 15 is 0 Å². The number of carbonyl (C=O) groups is 1. The average Bonchev–Trinajstić information content (AvgIpc) is 2.99. The molecule has 1 atom stereocenters. The van der Waals surface area contributed by atoms with Crippen LogP contribution in [-0.2, 0) is 11.2 Å². The van der Waals surface area contributed by atoms with E-state index in [1.165, 1.54) is 16.7 Å². The summed E-state index contributed by atoms with van der Waals surface area (Å²) in [6, 6.07) is 14.6. The summed E-state index contributed by atoms with van der Waals surface area (Å²) < 4.78 is 0. The SMILES string of the molecule is O=C1CCCC2=C1C(c1ccccc1)C1=C(N2)c2ncccc2C1. The first-order chi connectivity index (χ1) is 11.8. The van der Waals surface area contributed by atoms with Crippen LogP contribution in [0.15, 0.2) is 65.5 Å². The van der Waals surface area contributed by atoms with E-state index in [-0.39, 0.29) is 5.92 Å². The van der Waals surface area contributed by atoms with Crippen molar-refractivity contribution in [2.24, 2.45) is 0 Å². The Morgan fingerprint density at radius 3 is 2.79 bits per heavy atom. The van der Waals surface area contributed by atoms with Crippen LogP contribution in [0.5, 0.6) is 0 Å². The highest BCUT2D eigenvalue weighted by Gasteiger charge is 2.39. The molecule has 5 rings (SSSR count). The number of hydrogen-bond acceptors (Lipinski definition) is 3. The van der Waals surface area contributed by atoms with Gasteiger partial charge in [0.1, 0.15) is 0 Å². The van der Waals surface area contributed by atoms with Gasteiger partial charge in [0.15, 0.2) is 5.78 Å². The Hall–Kier alpha value is -2.68. The van der Waals surface area contributed by atoms with Gasteiger partial charge in [-0.2, -0.15) is 0 Å². The van der Waals surface area contributed by atoms with Crippen LogP contribution in [0.3, 0.4) is 0 Å². The second-order valence-electron chi connectivity index (χ2n) is 6.73. The summed E-state index contributed by atoms with van der Waals surface area (Å²) in [5.41, 5.74) is 8.04. The summed E-state index contributed by atoms with van der Waals surface area (Å²) in [6.07, 6.45) is 5.27. The van der Waals surface area contributed by atoms with E-state index in [4.69, 9.17) is 0 Å². The molecule has 1 aromatic heterocycles. The number of hydrogen-bond donors (Lipinski definition) is 1. The van der Waals surface area contributed by atoms with Crippen molar-refractivity contribution in [1.29, 1.82) is 0 Å². The first kappa shape index (κ1) is 13.7. The molecule has 2 aliphatic carbocycles. The van der Waals surface area contributed by atoms with E-state index in [1.807, 2.05) is 18.3 Å². The second-order valence-corrected chi connectivity index (χ2v) is 6.73. The van der Waals surface area contributed by atoms with Crippen molar-refractivity contribution < 1.29 is 4.79 Å². The number of aromatic nitrogens is 1. The summed E-state index contributed by atoms with van der Waals surface area (Å²) in [5.74, 6) is 0.368. The van der Waals surface area contributed by atoms with E-state index < -0.39 is 0 Å². The number of pyridine rings is 1. The van der Waals surface area contributed by atoms with Crippen LogP contribution in [0, 0.1) is 0 Å². The zero-order chi connectivity index (χ0) is 16.1. The Balaban J connectivity index is 1.72. The molecule has 3 aliphatic rings. The van der Waals surface area contributed by atoms with Crippen LogP contribution in [0.2, 0.25) is 0 Å². The van der Waals surface area contributed by atoms with Crippen molar-refractivity contribution in [3.05, 3.63) is 82.3 Å². The summed E-state index contributed by atoms with van der Waals surface area (Å²) in [4.78, 5) is 17.3. The maximum Gasteiger partial charge on any atom is 0.161 e. The van der Waals surface area contributed by atoms with Gasteiger partial charge in [0.2, 0.25) is 0 Å². The van der Waals surface area contributed by atoms with E-state index in [2.05, 4.69) is 40.6 Å². The molecule has 0 fully saturated rings. The molecule has 1 N–H and O–H groups in total. The predicted octanol–water partition coefficient (Wildman–Crippen LogP) is 3.74. The van der Waals surface area contributed by atoms with Crippen LogP contribution in [0.25, 0.3) is 5.70 Å². The number of carbonyl (C=O) groups excluding carboxylic acids is 1. The van der Waals surface area contributed by atoms with Crippen LogP contribution in [0.4, 0.5) is 0 Å². The fourth-order valence-electron chi connectivity index (χ4n) is 4.30. The molecule has 1 unspecified atom stereocenters. The highest BCUT2D eigenvalue weighted by atomic mass is 16.1. The largest absolute Gasteiger partial charge is 0.357 e. The van der Waals surface area contributed by atoms with Crippen molar-refractivity contribution in [2.45, 2.75) is 31.6 Å². The average molecular weight is 314 g/mol. The molecule has 2 heterocycles. The molecule has 118 valence electrons. The first-order valence-corrected chi connectivity index (χ1v) is 8.58. The molecular formula is C21H18N2O. The van der Waals surface area contributed by atoms with E-state index in [1.54, 1.807) is 0 Å². The predicted molar refractivity (Wildman–Crippen MR) is 93.1 cm³/mol. The first-order valence-electron chi connectivity index (χ1n) is 8.58. The highest BCUT2D eigenvalue weighted by molar-refractivity contribution is 6.01. The number of nitrogens with zero attached hydrogens (tertiary/aromatic N) is 1. The summed E-state index contributed by atoms with van der Waals surface area (Å²) >= 11 is 0. The van der Waals surface area contributed by atoms with Crippen LogP contribution < -0.4 is 5.32 Å². The number of allylic oxidation sites excluding steroid dienone is 3. The third kappa shape index (κ3) is 1.91. The maximum absolute atomic E-state index is 12.7. The molecule has 1 aliphatic heterocycles. The molecule has 3 heteroatoms. The van der Waals surface area contributed by atoms with Gasteiger partial charge in [0, 0.05) is 29.8 Å². The Labute approximate surface area is 141 Å². The normalized spacial score (nSPS) is 22.0. The minimum Gasteiger partial charge on any atom is -0.357 e. The fourth-order valence-corrected chi connectivity index (χ4v) is 4.30. The quantitative estimate of drug-likeness (QED) is 0.872. The molecule has 0 spiro atoms. The van der Waals surface area contributed by atoms with Crippen molar-refractivity contribution in [2.75, 3.05) is 0 Å². The third-order valence-electron chi connectivity index (χ3n) is 5.33. The van der Waals surface area contributed by atoms with Crippen LogP contribution >= 0.6 is 0 Å². The van der Waals surface area contributed by atoms with Crippen molar-refractivity contribution in [3.63, 3.8) is 0 Å². The Morgan fingerprint density at radius 1 is 1.04 bits per heavy atom. The van der Waals surface area contributed by atoms with Gasteiger partial charge in [-0.05, 0) is 42.0 Å². The summed E-state index contributed by atoms with van der Waals surface area (Å²) in [5, 5.41) is 3.58. The maximum atomic E-state index is 12.7. The fraction of sp³-hybridized carbons (Fsp3) is 0.238. The Morgan fingerprint density at radius 2 is 1.92 bits per heavy atom. The standard InChI is InChI=1S/C21H18N2O/c24-17-10-4-9-16-19(17)18(13-6-2-1-3-7-13)15-12-14-8-5-11-22-20(14)21(15)23-16/h1-3,5-8,11,18,23H,4,9-10,12H2. The van der Waals surface area contributed by atoms with Gasteiger partial charge in [0.05, 0.1) is 11.4 Å². The third-order valence-corrected chi connectivity index (χ3v) is 5.33. The summed E-state index contributed by atoms with van der Waals surface area (Å²) in [6.45, 7) is 0. The zero-order valence-electron chi connectivity index (χ0n) is 13.4. The van der Waals surface area contributed by atoms with Crippen LogP contribution in [-0.4, -0.2) is 10.8 Å². The highest BCUT2D eigenvalue weighted by Crippen LogP contribution is 2.48. The smallest absolute Gasteiger partial charge is 0.161 e. The number of benzene rings is 1. The van der Waals surface area contributed by atoms with Gasteiger partial charge in [-0.15, -0.1) is 0 Å². The van der Waals surface area contributed by atoms with Crippen molar-refractivity contribution in [3.8, 4) is 0 Å². The molecular weight excluding hydrogens is 296 g/mol. The lowest BCUT2D eigenvalue weighted by Crippen LogP contribution is -2.30. The van der Waals surface area contributed by atoms with Crippen molar-refractivity contribution >= 4 is 11.5 Å². The number of fused-ring (bicyclic) bond motifs is 2. The van der Waals surface area contributed by atoms with E-state index in [0.29, 0.717) is 12.2 Å². The van der Waals surface area contributed by atoms with E-state index in [9.17, 15) is 4.79 Å². The van der Waals surface area contributed by atoms with Gasteiger partial charge >= 0.3 is 0 Å². The van der Waals surface area contributed by atoms with Gasteiger partial charge in [-0.1, -0.05) is 36.4 Å². The molecule has 0 saturated heterocycles. The second kappa shape index (κ2) is 5.17. The molecule has 0 radical (unpaired) electrons. The minimum absolute atomic E-state index is 0.0689. The van der Waals surface area contributed by atoms with Gasteiger partial charge in [-0.25, -0.2) is 0 Å². The monoisotopic (exact) mass is 314 g/mol. The number of dihydropyridines is 1. The minimum atomic E-state index is 0.0689. The molecule has 3 nitrogen and oxygen atoms in total. The number of Topliss-reactive ketones (excluding diaryl/α,β-unsaturated/α-hetero) is 1. The topological polar surface area (TPSA) is 42.0 Å². The lowest BCUT2D eigenvalue weighted by molar-refractivity contribution is -0.116. The number of rotatable bonds is 1. The summed E-state index contributed by atoms with van der Waals surface area (Å²) in [7, 11) is 0. The van der Waals surface area contributed by atoms with E-state index in [0.717, 1.165) is 41.9 Å². The number of ketones is 1. The van der Waals surface area contributed by atoms with Gasteiger partial charge < -0.3 is 5.32 Å². The lowest BCUT2D eigenvalue weighted by atomic mass is 9.75. The molecule has 24 heavy (non-hydrogen) atoms. The number of nitrogens with one attached hydrogen (secondary N) is 1. The molecule has 2 aromatic rings. The van der Waals surface area contributed by atoms with Gasteiger partial charge in [0.25, 0.3) is 0 Å². The zero-order valence-corrected chi connectivity index (χ0v) is 13.4. The lowest BCUT2D eigenvalue weighted by Gasteiger charge is -2.33.